The van der Waals surface area contributed by atoms with E-state index in [9.17, 15) is 4.79 Å². The number of hydrogen-bond acceptors (Lipinski definition) is 6. The first kappa shape index (κ1) is 17.0. The molecule has 124 valence electrons. The molecule has 0 radical (unpaired) electrons. The Morgan fingerprint density at radius 1 is 1.39 bits per heavy atom. The van der Waals surface area contributed by atoms with Crippen LogP contribution in [0.5, 0.6) is 5.75 Å². The Morgan fingerprint density at radius 3 is 2.87 bits per heavy atom. The average molecular weight is 318 g/mol. The van der Waals surface area contributed by atoms with Crippen molar-refractivity contribution in [3.05, 3.63) is 41.5 Å². The van der Waals surface area contributed by atoms with Crippen LogP contribution in [0.3, 0.4) is 0 Å². The first-order chi connectivity index (χ1) is 11.1. The Hall–Kier alpha value is -2.41. The lowest BCUT2D eigenvalue weighted by Crippen LogP contribution is -2.38. The number of hydrogen-bond donors (Lipinski definition) is 2. The van der Waals surface area contributed by atoms with Gasteiger partial charge in [-0.25, -0.2) is 0 Å². The van der Waals surface area contributed by atoms with E-state index in [0.29, 0.717) is 29.6 Å². The number of nitrogens with one attached hydrogen (secondary N) is 2. The number of carbonyl (C=O) groups excluding carboxylic acids is 1. The van der Waals surface area contributed by atoms with Crippen molar-refractivity contribution in [2.75, 3.05) is 13.1 Å². The summed E-state index contributed by atoms with van der Waals surface area (Å²) in [5, 5.41) is 9.90. The van der Waals surface area contributed by atoms with Gasteiger partial charge in [0.05, 0.1) is 5.56 Å². The molecule has 0 aliphatic carbocycles. The Morgan fingerprint density at radius 2 is 2.17 bits per heavy atom. The van der Waals surface area contributed by atoms with Crippen molar-refractivity contribution in [1.82, 2.24) is 20.8 Å². The summed E-state index contributed by atoms with van der Waals surface area (Å²) in [5.41, 5.74) is 0.483. The molecule has 2 N–H and O–H groups in total. The molecule has 1 atom stereocenters. The Kier molecular flexibility index (Phi) is 6.10. The van der Waals surface area contributed by atoms with Crippen LogP contribution in [0.2, 0.25) is 0 Å². The maximum Gasteiger partial charge on any atom is 0.255 e. The van der Waals surface area contributed by atoms with Gasteiger partial charge < -0.3 is 19.9 Å². The van der Waals surface area contributed by atoms with Crippen LogP contribution in [0.4, 0.5) is 0 Å². The topological polar surface area (TPSA) is 89.3 Å². The number of benzene rings is 1. The molecule has 1 aromatic heterocycles. The second-order valence-corrected chi connectivity index (χ2v) is 5.18. The van der Waals surface area contributed by atoms with E-state index in [2.05, 4.69) is 20.8 Å². The van der Waals surface area contributed by atoms with E-state index in [1.54, 1.807) is 25.1 Å². The van der Waals surface area contributed by atoms with E-state index >= 15 is 0 Å². The maximum absolute atomic E-state index is 12.3. The highest BCUT2D eigenvalue weighted by atomic mass is 16.5. The summed E-state index contributed by atoms with van der Waals surface area (Å²) in [5.74, 6) is 1.24. The molecule has 1 amide bonds. The van der Waals surface area contributed by atoms with Crippen molar-refractivity contribution in [2.45, 2.75) is 33.4 Å². The van der Waals surface area contributed by atoms with Crippen LogP contribution in [0.25, 0.3) is 0 Å². The molecule has 7 nitrogen and oxygen atoms in total. The van der Waals surface area contributed by atoms with Gasteiger partial charge in [-0.05, 0) is 25.6 Å². The molecule has 0 fully saturated rings. The minimum Gasteiger partial charge on any atom is -0.485 e. The zero-order chi connectivity index (χ0) is 16.7. The predicted octanol–water partition coefficient (Wildman–Crippen LogP) is 1.68. The second kappa shape index (κ2) is 8.28. The van der Waals surface area contributed by atoms with E-state index in [1.165, 1.54) is 0 Å². The molecule has 0 unspecified atom stereocenters. The van der Waals surface area contributed by atoms with Crippen LogP contribution >= 0.6 is 0 Å². The number of ether oxygens (including phenoxy) is 1. The normalized spacial score (nSPS) is 12.0. The van der Waals surface area contributed by atoms with Gasteiger partial charge in [0.2, 0.25) is 11.7 Å². The third-order valence-corrected chi connectivity index (χ3v) is 3.18. The van der Waals surface area contributed by atoms with E-state index in [0.717, 1.165) is 6.54 Å². The van der Waals surface area contributed by atoms with E-state index in [-0.39, 0.29) is 18.6 Å². The number of nitrogens with zero attached hydrogens (tertiary/aromatic N) is 2. The number of aromatic nitrogens is 2. The Bertz CT molecular complexity index is 642. The molecule has 0 bridgehead atoms. The molecule has 2 aromatic rings. The summed E-state index contributed by atoms with van der Waals surface area (Å²) in [4.78, 5) is 16.4. The van der Waals surface area contributed by atoms with Crippen molar-refractivity contribution < 1.29 is 14.1 Å². The highest BCUT2D eigenvalue weighted by Crippen LogP contribution is 2.18. The summed E-state index contributed by atoms with van der Waals surface area (Å²) in [7, 11) is 0. The van der Waals surface area contributed by atoms with Crippen molar-refractivity contribution in [2.24, 2.45) is 0 Å². The lowest BCUT2D eigenvalue weighted by atomic mass is 10.2. The zero-order valence-corrected chi connectivity index (χ0v) is 13.6. The van der Waals surface area contributed by atoms with Crippen molar-refractivity contribution in [3.8, 4) is 5.75 Å². The highest BCUT2D eigenvalue weighted by Gasteiger charge is 2.13. The van der Waals surface area contributed by atoms with Crippen molar-refractivity contribution >= 4 is 5.91 Å². The molecule has 2 rings (SSSR count). The first-order valence-corrected chi connectivity index (χ1v) is 7.62. The molecule has 1 heterocycles. The molecule has 1 aromatic carbocycles. The number of amides is 1. The molecular formula is C16H22N4O3. The largest absolute Gasteiger partial charge is 0.485 e. The number of rotatable bonds is 8. The van der Waals surface area contributed by atoms with Crippen LogP contribution in [0.1, 0.15) is 35.9 Å². The lowest BCUT2D eigenvalue weighted by molar-refractivity contribution is 0.0945. The fourth-order valence-corrected chi connectivity index (χ4v) is 2.08. The van der Waals surface area contributed by atoms with Gasteiger partial charge in [0.1, 0.15) is 5.75 Å². The lowest BCUT2D eigenvalue weighted by Gasteiger charge is -2.14. The van der Waals surface area contributed by atoms with Gasteiger partial charge >= 0.3 is 0 Å². The minimum atomic E-state index is -0.172. The Labute approximate surface area is 135 Å². The second-order valence-electron chi connectivity index (χ2n) is 5.18. The van der Waals surface area contributed by atoms with Gasteiger partial charge in [0, 0.05) is 19.5 Å². The number of para-hydroxylation sites is 1. The summed E-state index contributed by atoms with van der Waals surface area (Å²) in [6.45, 7) is 7.32. The van der Waals surface area contributed by atoms with Crippen LogP contribution in [-0.2, 0) is 6.61 Å². The van der Waals surface area contributed by atoms with Crippen LogP contribution < -0.4 is 15.4 Å². The minimum absolute atomic E-state index is 0.148. The van der Waals surface area contributed by atoms with Gasteiger partial charge in [-0.1, -0.05) is 24.2 Å². The van der Waals surface area contributed by atoms with E-state index in [1.807, 2.05) is 19.9 Å². The summed E-state index contributed by atoms with van der Waals surface area (Å²) >= 11 is 0. The fraction of sp³-hybridized carbons (Fsp3) is 0.438. The zero-order valence-electron chi connectivity index (χ0n) is 13.6. The molecule has 0 aliphatic heterocycles. The average Bonchev–Trinajstić information content (AvgIpc) is 2.97. The fourth-order valence-electron chi connectivity index (χ4n) is 2.08. The van der Waals surface area contributed by atoms with Crippen molar-refractivity contribution in [3.63, 3.8) is 0 Å². The maximum atomic E-state index is 12.3. The molecule has 0 aliphatic rings. The van der Waals surface area contributed by atoms with Crippen molar-refractivity contribution in [1.29, 1.82) is 0 Å². The van der Waals surface area contributed by atoms with Crippen LogP contribution in [0.15, 0.2) is 28.8 Å². The summed E-state index contributed by atoms with van der Waals surface area (Å²) in [6.07, 6.45) is 0. The first-order valence-electron chi connectivity index (χ1n) is 7.62. The van der Waals surface area contributed by atoms with Gasteiger partial charge in [-0.2, -0.15) is 4.98 Å². The van der Waals surface area contributed by atoms with E-state index in [4.69, 9.17) is 9.26 Å². The molecule has 7 heteroatoms. The monoisotopic (exact) mass is 318 g/mol. The quantitative estimate of drug-likeness (QED) is 0.770. The predicted molar refractivity (Wildman–Crippen MR) is 85.3 cm³/mol. The highest BCUT2D eigenvalue weighted by molar-refractivity contribution is 5.96. The van der Waals surface area contributed by atoms with Gasteiger partial charge in [0.25, 0.3) is 5.91 Å². The summed E-state index contributed by atoms with van der Waals surface area (Å²) in [6, 6.07) is 7.29. The Balaban J connectivity index is 1.97. The van der Waals surface area contributed by atoms with E-state index < -0.39 is 0 Å². The van der Waals surface area contributed by atoms with Crippen LogP contribution in [0, 0.1) is 6.92 Å². The third-order valence-electron chi connectivity index (χ3n) is 3.18. The molecular weight excluding hydrogens is 296 g/mol. The van der Waals surface area contributed by atoms with Crippen LogP contribution in [-0.4, -0.2) is 35.2 Å². The molecule has 0 saturated carbocycles. The summed E-state index contributed by atoms with van der Waals surface area (Å²) < 4.78 is 10.5. The molecule has 23 heavy (non-hydrogen) atoms. The number of aryl methyl sites for hydroxylation is 1. The smallest absolute Gasteiger partial charge is 0.255 e. The number of likely N-dealkylation sites (N-methyl/N-ethyl adjacent to an activating group) is 1. The third kappa shape index (κ3) is 5.07. The van der Waals surface area contributed by atoms with Gasteiger partial charge in [-0.15, -0.1) is 0 Å². The van der Waals surface area contributed by atoms with Gasteiger partial charge in [-0.3, -0.25) is 4.79 Å². The number of carbonyl (C=O) groups is 1. The van der Waals surface area contributed by atoms with Gasteiger partial charge in [0.15, 0.2) is 6.61 Å². The molecule has 0 saturated heterocycles. The SMILES string of the molecule is CCN[C@H](C)CNC(=O)c1ccccc1OCc1noc(C)n1. The standard InChI is InChI=1S/C16H22N4O3/c1-4-17-11(2)9-18-16(21)13-7-5-6-8-14(13)22-10-15-19-12(3)23-20-15/h5-8,11,17H,4,9-10H2,1-3H3,(H,18,21)/t11-/m1/s1. The molecule has 0 spiro atoms.